The number of benzene rings is 1. The standard InChI is InChI=1S/C21H27F3N2O3/c1-2-16-5-3-4-6-18(16)26-12-17(11-19(26)27)20(28)29-13-15-7-9-25(10-8-15)14-21(22,23)24/h3-6,15,17H,2,7-14H2,1H3. The van der Waals surface area contributed by atoms with Gasteiger partial charge < -0.3 is 9.64 Å². The van der Waals surface area contributed by atoms with E-state index >= 15 is 0 Å². The lowest BCUT2D eigenvalue weighted by Gasteiger charge is -2.32. The van der Waals surface area contributed by atoms with Crippen LogP contribution >= 0.6 is 0 Å². The van der Waals surface area contributed by atoms with E-state index in [1.165, 1.54) is 4.90 Å². The summed E-state index contributed by atoms with van der Waals surface area (Å²) in [4.78, 5) is 27.9. The van der Waals surface area contributed by atoms with Crippen molar-refractivity contribution in [1.82, 2.24) is 4.90 Å². The highest BCUT2D eigenvalue weighted by molar-refractivity contribution is 6.00. The molecule has 3 rings (SSSR count). The summed E-state index contributed by atoms with van der Waals surface area (Å²) in [5, 5.41) is 0. The molecule has 160 valence electrons. The first-order valence-electron chi connectivity index (χ1n) is 10.1. The third-order valence-corrected chi connectivity index (χ3v) is 5.69. The van der Waals surface area contributed by atoms with Gasteiger partial charge in [-0.05, 0) is 49.9 Å². The first kappa shape index (κ1) is 21.6. The van der Waals surface area contributed by atoms with E-state index in [1.54, 1.807) is 4.90 Å². The third kappa shape index (κ3) is 5.72. The summed E-state index contributed by atoms with van der Waals surface area (Å²) in [5.74, 6) is -0.920. The quantitative estimate of drug-likeness (QED) is 0.672. The van der Waals surface area contributed by atoms with E-state index in [0.29, 0.717) is 32.5 Å². The molecule has 1 atom stereocenters. The van der Waals surface area contributed by atoms with Gasteiger partial charge in [-0.25, -0.2) is 0 Å². The number of likely N-dealkylation sites (tertiary alicyclic amines) is 1. The fourth-order valence-corrected chi connectivity index (χ4v) is 4.05. The van der Waals surface area contributed by atoms with E-state index in [2.05, 4.69) is 0 Å². The van der Waals surface area contributed by atoms with Crippen LogP contribution in [0.4, 0.5) is 18.9 Å². The van der Waals surface area contributed by atoms with Crippen molar-refractivity contribution >= 4 is 17.6 Å². The number of rotatable bonds is 6. The maximum atomic E-state index is 12.5. The number of nitrogens with zero attached hydrogens (tertiary/aromatic N) is 2. The Hall–Kier alpha value is -2.09. The SMILES string of the molecule is CCc1ccccc1N1CC(C(=O)OCC2CCN(CC(F)(F)F)CC2)CC1=O. The number of amides is 1. The van der Waals surface area contributed by atoms with Crippen LogP contribution in [0.2, 0.25) is 0 Å². The van der Waals surface area contributed by atoms with E-state index in [1.807, 2.05) is 31.2 Å². The normalized spacial score (nSPS) is 21.6. The molecule has 0 aromatic heterocycles. The number of hydrogen-bond acceptors (Lipinski definition) is 4. The molecule has 1 aromatic rings. The van der Waals surface area contributed by atoms with Crippen LogP contribution in [-0.2, 0) is 20.7 Å². The van der Waals surface area contributed by atoms with Crippen LogP contribution < -0.4 is 4.90 Å². The molecule has 0 radical (unpaired) electrons. The third-order valence-electron chi connectivity index (χ3n) is 5.69. The van der Waals surface area contributed by atoms with E-state index in [-0.39, 0.29) is 24.9 Å². The Balaban J connectivity index is 1.47. The number of piperidine rings is 1. The Morgan fingerprint density at radius 2 is 1.90 bits per heavy atom. The van der Waals surface area contributed by atoms with E-state index in [4.69, 9.17) is 4.74 Å². The van der Waals surface area contributed by atoms with Crippen LogP contribution in [0.5, 0.6) is 0 Å². The number of alkyl halides is 3. The lowest BCUT2D eigenvalue weighted by molar-refractivity contribution is -0.153. The Morgan fingerprint density at radius 3 is 2.55 bits per heavy atom. The highest BCUT2D eigenvalue weighted by atomic mass is 19.4. The Bertz CT molecular complexity index is 730. The maximum Gasteiger partial charge on any atom is 0.401 e. The minimum atomic E-state index is -4.18. The average molecular weight is 412 g/mol. The van der Waals surface area contributed by atoms with Crippen molar-refractivity contribution in [2.45, 2.75) is 38.8 Å². The smallest absolute Gasteiger partial charge is 0.401 e. The van der Waals surface area contributed by atoms with Crippen molar-refractivity contribution in [2.24, 2.45) is 11.8 Å². The molecular weight excluding hydrogens is 385 g/mol. The fraction of sp³-hybridized carbons (Fsp3) is 0.619. The van der Waals surface area contributed by atoms with Gasteiger partial charge in [0.1, 0.15) is 0 Å². The highest BCUT2D eigenvalue weighted by Gasteiger charge is 2.37. The molecule has 1 amide bonds. The topological polar surface area (TPSA) is 49.9 Å². The lowest BCUT2D eigenvalue weighted by atomic mass is 9.98. The molecule has 8 heteroatoms. The highest BCUT2D eigenvalue weighted by Crippen LogP contribution is 2.29. The summed E-state index contributed by atoms with van der Waals surface area (Å²) in [7, 11) is 0. The molecule has 1 unspecified atom stereocenters. The second-order valence-corrected chi connectivity index (χ2v) is 7.85. The van der Waals surface area contributed by atoms with Crippen molar-refractivity contribution < 1.29 is 27.5 Å². The number of carbonyl (C=O) groups is 2. The molecule has 0 aliphatic carbocycles. The number of esters is 1. The summed E-state index contributed by atoms with van der Waals surface area (Å²) in [6.45, 7) is 2.34. The van der Waals surface area contributed by atoms with Crippen LogP contribution in [0.1, 0.15) is 31.7 Å². The number of para-hydroxylation sites is 1. The van der Waals surface area contributed by atoms with Crippen molar-refractivity contribution in [2.75, 3.05) is 37.7 Å². The molecule has 2 aliphatic heterocycles. The van der Waals surface area contributed by atoms with Gasteiger partial charge in [0.05, 0.1) is 19.1 Å². The van der Waals surface area contributed by atoms with Gasteiger partial charge >= 0.3 is 12.1 Å². The van der Waals surface area contributed by atoms with E-state index in [9.17, 15) is 22.8 Å². The number of hydrogen-bond donors (Lipinski definition) is 0. The number of carbonyl (C=O) groups excluding carboxylic acids is 2. The zero-order valence-electron chi connectivity index (χ0n) is 16.6. The van der Waals surface area contributed by atoms with Crippen molar-refractivity contribution in [3.05, 3.63) is 29.8 Å². The monoisotopic (exact) mass is 412 g/mol. The largest absolute Gasteiger partial charge is 0.465 e. The number of ether oxygens (including phenoxy) is 1. The zero-order chi connectivity index (χ0) is 21.0. The van der Waals surface area contributed by atoms with Gasteiger partial charge in [0.2, 0.25) is 5.91 Å². The molecule has 0 N–H and O–H groups in total. The van der Waals surface area contributed by atoms with Crippen LogP contribution in [0, 0.1) is 11.8 Å². The van der Waals surface area contributed by atoms with Gasteiger partial charge in [-0.2, -0.15) is 13.2 Å². The minimum Gasteiger partial charge on any atom is -0.465 e. The Labute approximate surface area is 168 Å². The lowest BCUT2D eigenvalue weighted by Crippen LogP contribution is -2.41. The molecule has 5 nitrogen and oxygen atoms in total. The molecule has 2 heterocycles. The summed E-state index contributed by atoms with van der Waals surface area (Å²) < 4.78 is 42.8. The van der Waals surface area contributed by atoms with Crippen LogP contribution in [0.3, 0.4) is 0 Å². The van der Waals surface area contributed by atoms with Gasteiger partial charge in [-0.3, -0.25) is 14.5 Å². The molecule has 2 fully saturated rings. The second-order valence-electron chi connectivity index (χ2n) is 7.85. The average Bonchev–Trinajstić information content (AvgIpc) is 3.07. The summed E-state index contributed by atoms with van der Waals surface area (Å²) in [6, 6.07) is 7.66. The zero-order valence-corrected chi connectivity index (χ0v) is 16.6. The first-order chi connectivity index (χ1) is 13.8. The minimum absolute atomic E-state index is 0.0671. The number of anilines is 1. The van der Waals surface area contributed by atoms with E-state index < -0.39 is 24.6 Å². The summed E-state index contributed by atoms with van der Waals surface area (Å²) in [6.07, 6.45) is -2.12. The summed E-state index contributed by atoms with van der Waals surface area (Å²) in [5.41, 5.74) is 1.90. The van der Waals surface area contributed by atoms with Gasteiger partial charge in [0.15, 0.2) is 0 Å². The molecule has 0 saturated carbocycles. The van der Waals surface area contributed by atoms with Gasteiger partial charge in [0.25, 0.3) is 0 Å². The molecule has 0 spiro atoms. The molecule has 29 heavy (non-hydrogen) atoms. The number of aryl methyl sites for hydroxylation is 1. The van der Waals surface area contributed by atoms with Gasteiger partial charge in [-0.15, -0.1) is 0 Å². The molecule has 1 aromatic carbocycles. The number of halogens is 3. The molecular formula is C21H27F3N2O3. The van der Waals surface area contributed by atoms with Crippen molar-refractivity contribution in [3.63, 3.8) is 0 Å². The first-order valence-corrected chi connectivity index (χ1v) is 10.1. The van der Waals surface area contributed by atoms with Crippen molar-refractivity contribution in [1.29, 1.82) is 0 Å². The van der Waals surface area contributed by atoms with Crippen LogP contribution in [0.15, 0.2) is 24.3 Å². The predicted molar refractivity (Wildman–Crippen MR) is 102 cm³/mol. The fourth-order valence-electron chi connectivity index (χ4n) is 4.05. The maximum absolute atomic E-state index is 12.5. The second kappa shape index (κ2) is 9.15. The van der Waals surface area contributed by atoms with Crippen LogP contribution in [-0.4, -0.2) is 55.7 Å². The van der Waals surface area contributed by atoms with Gasteiger partial charge in [0, 0.05) is 18.7 Å². The molecule has 0 bridgehead atoms. The van der Waals surface area contributed by atoms with Crippen molar-refractivity contribution in [3.8, 4) is 0 Å². The predicted octanol–water partition coefficient (Wildman–Crippen LogP) is 3.42. The van der Waals surface area contributed by atoms with Crippen LogP contribution in [0.25, 0.3) is 0 Å². The molecule has 2 saturated heterocycles. The molecule has 2 aliphatic rings. The Kier molecular flexibility index (Phi) is 6.82. The van der Waals surface area contributed by atoms with E-state index in [0.717, 1.165) is 17.7 Å². The van der Waals surface area contributed by atoms with Gasteiger partial charge in [-0.1, -0.05) is 25.1 Å². The Morgan fingerprint density at radius 1 is 1.21 bits per heavy atom. The summed E-state index contributed by atoms with van der Waals surface area (Å²) >= 11 is 0.